The Morgan fingerprint density at radius 2 is 2.14 bits per heavy atom. The number of methoxy groups -OCH3 is 1. The average molecular weight is 319 g/mol. The third kappa shape index (κ3) is 6.08. The molecule has 21 heavy (non-hydrogen) atoms. The lowest BCUT2D eigenvalue weighted by Gasteiger charge is -2.22. The van der Waals surface area contributed by atoms with E-state index in [1.807, 2.05) is 32.9 Å². The minimum atomic E-state index is -0.499. The molecule has 1 aromatic heterocycles. The summed E-state index contributed by atoms with van der Waals surface area (Å²) >= 11 is 0. The summed E-state index contributed by atoms with van der Waals surface area (Å²) in [5.74, 6) is 1.57. The van der Waals surface area contributed by atoms with Gasteiger partial charge in [-0.1, -0.05) is 20.3 Å². The van der Waals surface area contributed by atoms with E-state index in [-0.39, 0.29) is 30.3 Å². The molecule has 0 aromatic carbocycles. The summed E-state index contributed by atoms with van der Waals surface area (Å²) in [5, 5.41) is 2.96. The van der Waals surface area contributed by atoms with Crippen LogP contribution in [0.4, 0.5) is 0 Å². The van der Waals surface area contributed by atoms with Gasteiger partial charge in [-0.15, -0.1) is 12.4 Å². The SMILES string of the molecule is CCC(C)C(N)C(=O)NC(CCOC)c1ccc(C)o1.Cl. The smallest absolute Gasteiger partial charge is 0.237 e. The molecule has 3 unspecified atom stereocenters. The zero-order valence-corrected chi connectivity index (χ0v) is 14.0. The van der Waals surface area contributed by atoms with Gasteiger partial charge < -0.3 is 20.2 Å². The third-order valence-corrected chi connectivity index (χ3v) is 3.59. The van der Waals surface area contributed by atoms with Crippen LogP contribution in [0.15, 0.2) is 16.5 Å². The lowest BCUT2D eigenvalue weighted by molar-refractivity contribution is -0.124. The molecule has 0 fully saturated rings. The number of aryl methyl sites for hydroxylation is 1. The summed E-state index contributed by atoms with van der Waals surface area (Å²) in [4.78, 5) is 12.2. The Morgan fingerprint density at radius 1 is 1.48 bits per heavy atom. The fourth-order valence-corrected chi connectivity index (χ4v) is 1.94. The van der Waals surface area contributed by atoms with Crippen molar-refractivity contribution >= 4 is 18.3 Å². The second-order valence-electron chi connectivity index (χ2n) is 5.20. The predicted octanol–water partition coefficient (Wildman–Crippen LogP) is 2.58. The van der Waals surface area contributed by atoms with Crippen molar-refractivity contribution in [3.63, 3.8) is 0 Å². The number of amides is 1. The fourth-order valence-electron chi connectivity index (χ4n) is 1.94. The maximum absolute atomic E-state index is 12.2. The van der Waals surface area contributed by atoms with Crippen LogP contribution in [-0.4, -0.2) is 25.7 Å². The molecule has 3 atom stereocenters. The highest BCUT2D eigenvalue weighted by Gasteiger charge is 2.24. The Kier molecular flexibility index (Phi) is 9.33. The Hall–Kier alpha value is -1.04. The van der Waals surface area contributed by atoms with E-state index in [1.165, 1.54) is 0 Å². The van der Waals surface area contributed by atoms with E-state index in [9.17, 15) is 4.79 Å². The number of hydrogen-bond donors (Lipinski definition) is 2. The van der Waals surface area contributed by atoms with Crippen molar-refractivity contribution in [2.24, 2.45) is 11.7 Å². The Bertz CT molecular complexity index is 423. The molecule has 5 nitrogen and oxygen atoms in total. The number of halogens is 1. The average Bonchev–Trinajstić information content (AvgIpc) is 2.87. The first-order valence-electron chi connectivity index (χ1n) is 7.10. The predicted molar refractivity (Wildman–Crippen MR) is 85.5 cm³/mol. The normalized spacial score (nSPS) is 14.9. The molecule has 122 valence electrons. The second-order valence-corrected chi connectivity index (χ2v) is 5.20. The number of carbonyl (C=O) groups is 1. The molecule has 6 heteroatoms. The lowest BCUT2D eigenvalue weighted by atomic mass is 9.99. The first kappa shape index (κ1) is 20.0. The number of carbonyl (C=O) groups excluding carboxylic acids is 1. The lowest BCUT2D eigenvalue weighted by Crippen LogP contribution is -2.45. The van der Waals surface area contributed by atoms with Crippen molar-refractivity contribution in [3.8, 4) is 0 Å². The molecule has 0 saturated heterocycles. The van der Waals surface area contributed by atoms with Crippen LogP contribution in [0.1, 0.15) is 44.3 Å². The molecular weight excluding hydrogens is 292 g/mol. The molecule has 0 radical (unpaired) electrons. The van der Waals surface area contributed by atoms with Gasteiger partial charge in [-0.3, -0.25) is 4.79 Å². The molecular formula is C15H27ClN2O3. The van der Waals surface area contributed by atoms with Gasteiger partial charge in [-0.2, -0.15) is 0 Å². The van der Waals surface area contributed by atoms with Crippen LogP contribution in [0.25, 0.3) is 0 Å². The van der Waals surface area contributed by atoms with Gasteiger partial charge in [0.15, 0.2) is 0 Å². The Balaban J connectivity index is 0.00000400. The number of ether oxygens (including phenoxy) is 1. The molecule has 0 aliphatic carbocycles. The number of nitrogens with one attached hydrogen (secondary N) is 1. The highest BCUT2D eigenvalue weighted by Crippen LogP contribution is 2.20. The minimum absolute atomic E-state index is 0. The van der Waals surface area contributed by atoms with Crippen LogP contribution < -0.4 is 11.1 Å². The molecule has 1 heterocycles. The zero-order valence-electron chi connectivity index (χ0n) is 13.2. The summed E-state index contributed by atoms with van der Waals surface area (Å²) in [6, 6.07) is 3.06. The van der Waals surface area contributed by atoms with Crippen molar-refractivity contribution in [2.45, 2.75) is 45.7 Å². The van der Waals surface area contributed by atoms with Crippen molar-refractivity contribution in [1.29, 1.82) is 0 Å². The van der Waals surface area contributed by atoms with Gasteiger partial charge in [0.1, 0.15) is 11.5 Å². The molecule has 0 bridgehead atoms. The van der Waals surface area contributed by atoms with Gasteiger partial charge in [-0.05, 0) is 31.4 Å². The summed E-state index contributed by atoms with van der Waals surface area (Å²) in [6.07, 6.45) is 1.53. The quantitative estimate of drug-likeness (QED) is 0.772. The summed E-state index contributed by atoms with van der Waals surface area (Å²) < 4.78 is 10.7. The minimum Gasteiger partial charge on any atom is -0.464 e. The van der Waals surface area contributed by atoms with Gasteiger partial charge in [0.2, 0.25) is 5.91 Å². The standard InChI is InChI=1S/C15H26N2O3.ClH/c1-5-10(2)14(16)15(18)17-12(8-9-19-4)13-7-6-11(3)20-13;/h6-7,10,12,14H,5,8-9,16H2,1-4H3,(H,17,18);1H. The molecule has 0 aliphatic rings. The first-order chi connectivity index (χ1) is 9.49. The van der Waals surface area contributed by atoms with Crippen LogP contribution in [0.2, 0.25) is 0 Å². The van der Waals surface area contributed by atoms with E-state index in [1.54, 1.807) is 7.11 Å². The maximum atomic E-state index is 12.2. The Labute approximate surface area is 133 Å². The van der Waals surface area contributed by atoms with E-state index < -0.39 is 6.04 Å². The third-order valence-electron chi connectivity index (χ3n) is 3.59. The number of hydrogen-bond acceptors (Lipinski definition) is 4. The first-order valence-corrected chi connectivity index (χ1v) is 7.10. The molecule has 1 aromatic rings. The van der Waals surface area contributed by atoms with Crippen molar-refractivity contribution in [3.05, 3.63) is 23.7 Å². The largest absolute Gasteiger partial charge is 0.464 e. The van der Waals surface area contributed by atoms with Crippen LogP contribution in [0.3, 0.4) is 0 Å². The van der Waals surface area contributed by atoms with Crippen LogP contribution in [-0.2, 0) is 9.53 Å². The van der Waals surface area contributed by atoms with Crippen LogP contribution >= 0.6 is 12.4 Å². The van der Waals surface area contributed by atoms with Crippen molar-refractivity contribution < 1.29 is 13.9 Å². The highest BCUT2D eigenvalue weighted by atomic mass is 35.5. The molecule has 3 N–H and O–H groups in total. The summed E-state index contributed by atoms with van der Waals surface area (Å²) in [7, 11) is 1.64. The molecule has 0 saturated carbocycles. The van der Waals surface area contributed by atoms with Crippen LogP contribution in [0.5, 0.6) is 0 Å². The molecule has 1 rings (SSSR count). The van der Waals surface area contributed by atoms with E-state index in [0.717, 1.165) is 17.9 Å². The topological polar surface area (TPSA) is 77.5 Å². The van der Waals surface area contributed by atoms with Crippen molar-refractivity contribution in [2.75, 3.05) is 13.7 Å². The zero-order chi connectivity index (χ0) is 15.1. The van der Waals surface area contributed by atoms with Gasteiger partial charge in [0, 0.05) is 13.7 Å². The van der Waals surface area contributed by atoms with Gasteiger partial charge in [0.05, 0.1) is 12.1 Å². The van der Waals surface area contributed by atoms with Gasteiger partial charge >= 0.3 is 0 Å². The Morgan fingerprint density at radius 3 is 2.62 bits per heavy atom. The molecule has 1 amide bonds. The molecule has 0 aliphatic heterocycles. The number of furan rings is 1. The molecule has 0 spiro atoms. The summed E-state index contributed by atoms with van der Waals surface area (Å²) in [5.41, 5.74) is 5.96. The maximum Gasteiger partial charge on any atom is 0.237 e. The van der Waals surface area contributed by atoms with Crippen molar-refractivity contribution in [1.82, 2.24) is 5.32 Å². The van der Waals surface area contributed by atoms with E-state index in [0.29, 0.717) is 13.0 Å². The number of rotatable bonds is 8. The monoisotopic (exact) mass is 318 g/mol. The van der Waals surface area contributed by atoms with E-state index in [2.05, 4.69) is 5.32 Å². The highest BCUT2D eigenvalue weighted by molar-refractivity contribution is 5.85. The fraction of sp³-hybridized carbons (Fsp3) is 0.667. The summed E-state index contributed by atoms with van der Waals surface area (Å²) in [6.45, 7) is 6.43. The van der Waals surface area contributed by atoms with E-state index >= 15 is 0 Å². The van der Waals surface area contributed by atoms with Crippen LogP contribution in [0, 0.1) is 12.8 Å². The van der Waals surface area contributed by atoms with Gasteiger partial charge in [0.25, 0.3) is 0 Å². The number of nitrogens with two attached hydrogens (primary N) is 1. The second kappa shape index (κ2) is 9.82. The van der Waals surface area contributed by atoms with E-state index in [4.69, 9.17) is 14.9 Å². The van der Waals surface area contributed by atoms with Gasteiger partial charge in [-0.25, -0.2) is 0 Å².